The molecule has 23 heavy (non-hydrogen) atoms. The van der Waals surface area contributed by atoms with Crippen LogP contribution in [0.4, 0.5) is 0 Å². The summed E-state index contributed by atoms with van der Waals surface area (Å²) in [5, 5.41) is 11.6. The number of carboxylic acids is 1. The lowest BCUT2D eigenvalue weighted by Gasteiger charge is -2.16. The summed E-state index contributed by atoms with van der Waals surface area (Å²) in [7, 11) is 2.95. The molecule has 128 valence electrons. The summed E-state index contributed by atoms with van der Waals surface area (Å²) < 4.78 is 15.6. The van der Waals surface area contributed by atoms with Gasteiger partial charge >= 0.3 is 5.97 Å². The van der Waals surface area contributed by atoms with E-state index >= 15 is 0 Å². The molecule has 1 atom stereocenters. The Morgan fingerprint density at radius 2 is 1.91 bits per heavy atom. The number of benzene rings is 1. The Morgan fingerprint density at radius 1 is 1.22 bits per heavy atom. The highest BCUT2D eigenvalue weighted by atomic mass is 16.5. The zero-order valence-corrected chi connectivity index (χ0v) is 13.8. The number of carbonyl (C=O) groups excluding carboxylic acids is 1. The molecule has 0 saturated heterocycles. The summed E-state index contributed by atoms with van der Waals surface area (Å²) in [6, 6.07) is 3.69. The van der Waals surface area contributed by atoms with E-state index in [2.05, 4.69) is 5.32 Å². The average molecular weight is 325 g/mol. The van der Waals surface area contributed by atoms with Crippen LogP contribution in [0, 0.1) is 0 Å². The van der Waals surface area contributed by atoms with Gasteiger partial charge in [0.05, 0.1) is 13.2 Å². The SMILES string of the molecule is COCCC(NC(=O)c1ccc(OC(C)C)c(OC)c1)C(=O)O. The largest absolute Gasteiger partial charge is 0.493 e. The molecule has 1 unspecified atom stereocenters. The molecule has 0 aliphatic heterocycles. The minimum atomic E-state index is -1.11. The number of amides is 1. The van der Waals surface area contributed by atoms with E-state index in [-0.39, 0.29) is 19.1 Å². The molecule has 2 N–H and O–H groups in total. The maximum atomic E-state index is 12.2. The van der Waals surface area contributed by atoms with Crippen molar-refractivity contribution in [3.05, 3.63) is 23.8 Å². The summed E-state index contributed by atoms with van der Waals surface area (Å²) in [6.45, 7) is 4.00. The number of carboxylic acid groups (broad SMARTS) is 1. The lowest BCUT2D eigenvalue weighted by Crippen LogP contribution is -2.41. The van der Waals surface area contributed by atoms with Crippen LogP contribution in [-0.4, -0.2) is 50.0 Å². The van der Waals surface area contributed by atoms with E-state index in [1.54, 1.807) is 12.1 Å². The van der Waals surface area contributed by atoms with Gasteiger partial charge in [0.25, 0.3) is 5.91 Å². The molecule has 0 aliphatic carbocycles. The number of methoxy groups -OCH3 is 2. The minimum Gasteiger partial charge on any atom is -0.493 e. The quantitative estimate of drug-likeness (QED) is 0.718. The highest BCUT2D eigenvalue weighted by Crippen LogP contribution is 2.29. The van der Waals surface area contributed by atoms with Crippen LogP contribution in [0.15, 0.2) is 18.2 Å². The van der Waals surface area contributed by atoms with E-state index < -0.39 is 17.9 Å². The van der Waals surface area contributed by atoms with Crippen LogP contribution < -0.4 is 14.8 Å². The first-order chi connectivity index (χ1) is 10.9. The van der Waals surface area contributed by atoms with Gasteiger partial charge in [0.2, 0.25) is 0 Å². The molecule has 0 bridgehead atoms. The molecule has 1 rings (SSSR count). The first-order valence-electron chi connectivity index (χ1n) is 7.26. The molecule has 7 heteroatoms. The Morgan fingerprint density at radius 3 is 2.43 bits per heavy atom. The van der Waals surface area contributed by atoms with Crippen molar-refractivity contribution in [2.75, 3.05) is 20.8 Å². The zero-order chi connectivity index (χ0) is 17.4. The number of aliphatic carboxylic acids is 1. The van der Waals surface area contributed by atoms with E-state index in [0.29, 0.717) is 17.1 Å². The molecule has 0 heterocycles. The van der Waals surface area contributed by atoms with Gasteiger partial charge < -0.3 is 24.6 Å². The molecular weight excluding hydrogens is 302 g/mol. The van der Waals surface area contributed by atoms with Gasteiger partial charge in [-0.2, -0.15) is 0 Å². The Balaban J connectivity index is 2.88. The van der Waals surface area contributed by atoms with Gasteiger partial charge in [0.15, 0.2) is 11.5 Å². The fourth-order valence-corrected chi connectivity index (χ4v) is 1.89. The highest BCUT2D eigenvalue weighted by Gasteiger charge is 2.21. The molecule has 0 fully saturated rings. The first kappa shape index (κ1) is 18.8. The molecule has 0 radical (unpaired) electrons. The van der Waals surface area contributed by atoms with Crippen molar-refractivity contribution in [2.45, 2.75) is 32.4 Å². The molecule has 1 amide bonds. The van der Waals surface area contributed by atoms with Gasteiger partial charge in [-0.05, 0) is 32.0 Å². The van der Waals surface area contributed by atoms with Crippen LogP contribution in [0.5, 0.6) is 11.5 Å². The maximum Gasteiger partial charge on any atom is 0.326 e. The third-order valence-corrected chi connectivity index (χ3v) is 3.00. The second-order valence-electron chi connectivity index (χ2n) is 5.18. The van der Waals surface area contributed by atoms with Crippen LogP contribution >= 0.6 is 0 Å². The van der Waals surface area contributed by atoms with Crippen molar-refractivity contribution in [2.24, 2.45) is 0 Å². The lowest BCUT2D eigenvalue weighted by atomic mass is 10.1. The van der Waals surface area contributed by atoms with E-state index in [1.165, 1.54) is 20.3 Å². The molecule has 1 aromatic rings. The first-order valence-corrected chi connectivity index (χ1v) is 7.26. The van der Waals surface area contributed by atoms with Crippen molar-refractivity contribution in [1.29, 1.82) is 0 Å². The Kier molecular flexibility index (Phi) is 7.34. The van der Waals surface area contributed by atoms with E-state index in [4.69, 9.17) is 19.3 Å². The second-order valence-corrected chi connectivity index (χ2v) is 5.18. The van der Waals surface area contributed by atoms with Crippen LogP contribution in [0.2, 0.25) is 0 Å². The number of hydrogen-bond donors (Lipinski definition) is 2. The maximum absolute atomic E-state index is 12.2. The molecule has 0 saturated carbocycles. The lowest BCUT2D eigenvalue weighted by molar-refractivity contribution is -0.139. The molecule has 7 nitrogen and oxygen atoms in total. The smallest absolute Gasteiger partial charge is 0.326 e. The van der Waals surface area contributed by atoms with Crippen molar-refractivity contribution in [1.82, 2.24) is 5.32 Å². The summed E-state index contributed by atoms with van der Waals surface area (Å²) in [5.74, 6) is -0.673. The van der Waals surface area contributed by atoms with Gasteiger partial charge in [-0.1, -0.05) is 0 Å². The fourth-order valence-electron chi connectivity index (χ4n) is 1.89. The summed E-state index contributed by atoms with van der Waals surface area (Å²) >= 11 is 0. The van der Waals surface area contributed by atoms with Gasteiger partial charge in [-0.15, -0.1) is 0 Å². The molecular formula is C16H23NO6. The second kappa shape index (κ2) is 8.99. The number of nitrogens with one attached hydrogen (secondary N) is 1. The Labute approximate surface area is 135 Å². The zero-order valence-electron chi connectivity index (χ0n) is 13.8. The van der Waals surface area contributed by atoms with Crippen LogP contribution in [-0.2, 0) is 9.53 Å². The summed E-state index contributed by atoms with van der Waals surface area (Å²) in [5.41, 5.74) is 0.293. The highest BCUT2D eigenvalue weighted by molar-refractivity contribution is 5.97. The minimum absolute atomic E-state index is 0.0333. The Hall–Kier alpha value is -2.28. The number of carbonyl (C=O) groups is 2. The monoisotopic (exact) mass is 325 g/mol. The Bertz CT molecular complexity index is 543. The van der Waals surface area contributed by atoms with E-state index in [1.807, 2.05) is 13.8 Å². The molecule has 1 aromatic carbocycles. The number of hydrogen-bond acceptors (Lipinski definition) is 5. The normalized spacial score (nSPS) is 11.9. The van der Waals surface area contributed by atoms with E-state index in [0.717, 1.165) is 0 Å². The summed E-state index contributed by atoms with van der Waals surface area (Å²) in [6.07, 6.45) is 0.150. The molecule has 0 aromatic heterocycles. The third-order valence-electron chi connectivity index (χ3n) is 3.00. The predicted octanol–water partition coefficient (Wildman–Crippen LogP) is 1.70. The van der Waals surface area contributed by atoms with Gasteiger partial charge in [-0.25, -0.2) is 4.79 Å². The van der Waals surface area contributed by atoms with Gasteiger partial charge in [0.1, 0.15) is 6.04 Å². The predicted molar refractivity (Wildman–Crippen MR) is 84.1 cm³/mol. The average Bonchev–Trinajstić information content (AvgIpc) is 2.50. The summed E-state index contributed by atoms with van der Waals surface area (Å²) in [4.78, 5) is 23.4. The molecule has 0 spiro atoms. The van der Waals surface area contributed by atoms with Crippen LogP contribution in [0.1, 0.15) is 30.6 Å². The molecule has 0 aliphatic rings. The van der Waals surface area contributed by atoms with Crippen molar-refractivity contribution >= 4 is 11.9 Å². The number of ether oxygens (including phenoxy) is 3. The van der Waals surface area contributed by atoms with Crippen LogP contribution in [0.25, 0.3) is 0 Å². The van der Waals surface area contributed by atoms with Gasteiger partial charge in [-0.3, -0.25) is 4.79 Å². The van der Waals surface area contributed by atoms with E-state index in [9.17, 15) is 9.59 Å². The van der Waals surface area contributed by atoms with Crippen LogP contribution in [0.3, 0.4) is 0 Å². The topological polar surface area (TPSA) is 94.1 Å². The van der Waals surface area contributed by atoms with Crippen molar-refractivity contribution in [3.8, 4) is 11.5 Å². The fraction of sp³-hybridized carbons (Fsp3) is 0.500. The van der Waals surface area contributed by atoms with Crippen molar-refractivity contribution < 1.29 is 28.9 Å². The van der Waals surface area contributed by atoms with Gasteiger partial charge in [0, 0.05) is 25.7 Å². The standard InChI is InChI=1S/C16H23NO6/c1-10(2)23-13-6-5-11(9-14(13)22-4)15(18)17-12(16(19)20)7-8-21-3/h5-6,9-10,12H,7-8H2,1-4H3,(H,17,18)(H,19,20). The number of rotatable bonds is 9. The third kappa shape index (κ3) is 5.78. The van der Waals surface area contributed by atoms with Crippen molar-refractivity contribution in [3.63, 3.8) is 0 Å².